The van der Waals surface area contributed by atoms with Gasteiger partial charge in [-0.15, -0.1) is 0 Å². The van der Waals surface area contributed by atoms with Crippen LogP contribution in [0, 0.1) is 23.7 Å². The Morgan fingerprint density at radius 2 is 1.56 bits per heavy atom. The van der Waals surface area contributed by atoms with Gasteiger partial charge in [0.15, 0.2) is 0 Å². The second-order valence-corrected chi connectivity index (χ2v) is 7.18. The van der Waals surface area contributed by atoms with Crippen LogP contribution in [0.25, 0.3) is 0 Å². The summed E-state index contributed by atoms with van der Waals surface area (Å²) in [5, 5.41) is 6.66. The van der Waals surface area contributed by atoms with Crippen molar-refractivity contribution in [3.63, 3.8) is 0 Å². The summed E-state index contributed by atoms with van der Waals surface area (Å²) in [5.74, 6) is 3.81. The van der Waals surface area contributed by atoms with E-state index in [4.69, 9.17) is 0 Å². The Labute approximate surface area is 109 Å². The van der Waals surface area contributed by atoms with Crippen molar-refractivity contribution >= 4 is 5.91 Å². The van der Waals surface area contributed by atoms with Gasteiger partial charge in [-0.3, -0.25) is 4.79 Å². The Morgan fingerprint density at radius 3 is 2.11 bits per heavy atom. The minimum atomic E-state index is 0.236. The van der Waals surface area contributed by atoms with Crippen molar-refractivity contribution in [1.29, 1.82) is 0 Å². The van der Waals surface area contributed by atoms with Crippen molar-refractivity contribution in [1.82, 2.24) is 10.6 Å². The van der Waals surface area contributed by atoms with Gasteiger partial charge in [0.05, 0.1) is 6.54 Å². The maximum Gasteiger partial charge on any atom is 0.234 e. The predicted molar refractivity (Wildman–Crippen MR) is 70.0 cm³/mol. The minimum Gasteiger partial charge on any atom is -0.352 e. The second kappa shape index (κ2) is 4.22. The number of hydrogen-bond acceptors (Lipinski definition) is 2. The van der Waals surface area contributed by atoms with E-state index in [0.29, 0.717) is 18.6 Å². The van der Waals surface area contributed by atoms with Crippen molar-refractivity contribution in [2.24, 2.45) is 23.7 Å². The molecule has 5 aliphatic rings. The fourth-order valence-electron chi connectivity index (χ4n) is 4.92. The number of carbonyl (C=O) groups excluding carboxylic acids is 1. The summed E-state index contributed by atoms with van der Waals surface area (Å²) in [6.45, 7) is 0.535. The van der Waals surface area contributed by atoms with E-state index >= 15 is 0 Å². The van der Waals surface area contributed by atoms with Gasteiger partial charge in [0.1, 0.15) is 0 Å². The molecule has 18 heavy (non-hydrogen) atoms. The van der Waals surface area contributed by atoms with Crippen LogP contribution in [0.15, 0.2) is 0 Å². The maximum atomic E-state index is 12.0. The first-order valence-electron chi connectivity index (χ1n) is 7.80. The fourth-order valence-corrected chi connectivity index (χ4v) is 4.92. The van der Waals surface area contributed by atoms with E-state index in [-0.39, 0.29) is 5.91 Å². The van der Waals surface area contributed by atoms with E-state index in [1.54, 1.807) is 0 Å². The molecule has 5 saturated carbocycles. The molecule has 0 aliphatic heterocycles. The van der Waals surface area contributed by atoms with Gasteiger partial charge in [-0.1, -0.05) is 0 Å². The zero-order valence-corrected chi connectivity index (χ0v) is 11.0. The zero-order valence-electron chi connectivity index (χ0n) is 11.0. The van der Waals surface area contributed by atoms with Gasteiger partial charge in [-0.05, 0) is 68.6 Å². The van der Waals surface area contributed by atoms with Crippen molar-refractivity contribution < 1.29 is 4.79 Å². The van der Waals surface area contributed by atoms with E-state index in [2.05, 4.69) is 10.6 Å². The molecule has 1 amide bonds. The highest BCUT2D eigenvalue weighted by Gasteiger charge is 2.48. The highest BCUT2D eigenvalue weighted by atomic mass is 16.2. The van der Waals surface area contributed by atoms with Gasteiger partial charge < -0.3 is 10.6 Å². The lowest BCUT2D eigenvalue weighted by Gasteiger charge is -2.54. The lowest BCUT2D eigenvalue weighted by molar-refractivity contribution is -0.124. The first-order valence-corrected chi connectivity index (χ1v) is 7.80. The van der Waals surface area contributed by atoms with Crippen LogP contribution in [-0.2, 0) is 4.79 Å². The van der Waals surface area contributed by atoms with E-state index < -0.39 is 0 Å². The van der Waals surface area contributed by atoms with Crippen molar-refractivity contribution in [2.75, 3.05) is 6.54 Å². The van der Waals surface area contributed by atoms with E-state index in [0.717, 1.165) is 23.7 Å². The van der Waals surface area contributed by atoms with Crippen LogP contribution in [0.4, 0.5) is 0 Å². The molecule has 3 nitrogen and oxygen atoms in total. The third kappa shape index (κ3) is 2.07. The first-order chi connectivity index (χ1) is 8.78. The summed E-state index contributed by atoms with van der Waals surface area (Å²) >= 11 is 0. The number of nitrogens with one attached hydrogen (secondary N) is 2. The zero-order chi connectivity index (χ0) is 12.1. The van der Waals surface area contributed by atoms with Gasteiger partial charge in [-0.2, -0.15) is 0 Å². The normalized spacial score (nSPS) is 45.2. The molecular formula is C15H24N2O. The predicted octanol–water partition coefficient (Wildman–Crippen LogP) is 1.68. The Balaban J connectivity index is 1.34. The first kappa shape index (κ1) is 11.3. The molecule has 0 saturated heterocycles. The fraction of sp³-hybridized carbons (Fsp3) is 0.933. The number of amides is 1. The van der Waals surface area contributed by atoms with Crippen LogP contribution in [0.5, 0.6) is 0 Å². The topological polar surface area (TPSA) is 41.1 Å². The lowest BCUT2D eigenvalue weighted by atomic mass is 9.54. The summed E-state index contributed by atoms with van der Waals surface area (Å²) in [4.78, 5) is 12.0. The summed E-state index contributed by atoms with van der Waals surface area (Å²) in [7, 11) is 0. The molecule has 0 radical (unpaired) electrons. The van der Waals surface area contributed by atoms with Crippen LogP contribution in [0.2, 0.25) is 0 Å². The van der Waals surface area contributed by atoms with Gasteiger partial charge >= 0.3 is 0 Å². The van der Waals surface area contributed by atoms with Crippen LogP contribution in [0.1, 0.15) is 44.9 Å². The third-order valence-electron chi connectivity index (χ3n) is 5.68. The molecule has 5 rings (SSSR count). The molecule has 100 valence electrons. The van der Waals surface area contributed by atoms with Crippen molar-refractivity contribution in [3.05, 3.63) is 0 Å². The summed E-state index contributed by atoms with van der Waals surface area (Å²) < 4.78 is 0. The Morgan fingerprint density at radius 1 is 0.944 bits per heavy atom. The van der Waals surface area contributed by atoms with Gasteiger partial charge in [-0.25, -0.2) is 0 Å². The second-order valence-electron chi connectivity index (χ2n) is 7.18. The summed E-state index contributed by atoms with van der Waals surface area (Å²) in [6, 6.07) is 1.14. The maximum absolute atomic E-state index is 12.0. The SMILES string of the molecule is O=C(CNC1CC1)NC1C2CC3CC(C2)CC1C3. The monoisotopic (exact) mass is 248 g/mol. The Kier molecular flexibility index (Phi) is 2.65. The largest absolute Gasteiger partial charge is 0.352 e. The standard InChI is InChI=1S/C15H24N2O/c18-14(8-16-13-1-2-13)17-15-11-4-9-3-10(6-11)7-12(15)5-9/h9-13,15-16H,1-8H2,(H,17,18). The molecule has 5 fully saturated rings. The molecule has 0 aromatic heterocycles. The molecule has 0 aromatic carbocycles. The highest BCUT2D eigenvalue weighted by Crippen LogP contribution is 2.53. The molecule has 4 bridgehead atoms. The molecule has 0 spiro atoms. The highest BCUT2D eigenvalue weighted by molar-refractivity contribution is 5.78. The van der Waals surface area contributed by atoms with Crippen LogP contribution >= 0.6 is 0 Å². The molecular weight excluding hydrogens is 224 g/mol. The molecule has 0 aromatic rings. The van der Waals surface area contributed by atoms with Gasteiger partial charge in [0.25, 0.3) is 0 Å². The molecule has 5 aliphatic carbocycles. The third-order valence-corrected chi connectivity index (χ3v) is 5.68. The summed E-state index contributed by atoms with van der Waals surface area (Å²) in [6.07, 6.45) is 9.53. The van der Waals surface area contributed by atoms with E-state index in [1.165, 1.54) is 44.9 Å². The number of rotatable bonds is 4. The lowest BCUT2D eigenvalue weighted by Crippen LogP contribution is -2.56. The minimum absolute atomic E-state index is 0.236. The van der Waals surface area contributed by atoms with Crippen LogP contribution in [-0.4, -0.2) is 24.5 Å². The van der Waals surface area contributed by atoms with E-state index in [9.17, 15) is 4.79 Å². The smallest absolute Gasteiger partial charge is 0.234 e. The Bertz CT molecular complexity index is 322. The van der Waals surface area contributed by atoms with Gasteiger partial charge in [0.2, 0.25) is 5.91 Å². The van der Waals surface area contributed by atoms with Crippen molar-refractivity contribution in [3.8, 4) is 0 Å². The van der Waals surface area contributed by atoms with Gasteiger partial charge in [0, 0.05) is 12.1 Å². The Hall–Kier alpha value is -0.570. The average Bonchev–Trinajstić information content (AvgIpc) is 3.14. The molecule has 3 heteroatoms. The molecule has 0 heterocycles. The molecule has 0 atom stereocenters. The van der Waals surface area contributed by atoms with Crippen molar-refractivity contribution in [2.45, 2.75) is 57.0 Å². The number of carbonyl (C=O) groups is 1. The van der Waals surface area contributed by atoms with Crippen LogP contribution < -0.4 is 10.6 Å². The van der Waals surface area contributed by atoms with E-state index in [1.807, 2.05) is 0 Å². The molecule has 0 unspecified atom stereocenters. The quantitative estimate of drug-likeness (QED) is 0.795. The van der Waals surface area contributed by atoms with Crippen LogP contribution in [0.3, 0.4) is 0 Å². The summed E-state index contributed by atoms with van der Waals surface area (Å²) in [5.41, 5.74) is 0. The number of hydrogen-bond donors (Lipinski definition) is 2. The average molecular weight is 248 g/mol. The molecule has 2 N–H and O–H groups in total.